The summed E-state index contributed by atoms with van der Waals surface area (Å²) in [5, 5.41) is 14.9. The maximum absolute atomic E-state index is 10.7. The van der Waals surface area contributed by atoms with E-state index in [-0.39, 0.29) is 5.69 Å². The third-order valence-corrected chi connectivity index (χ3v) is 4.56. The van der Waals surface area contributed by atoms with Gasteiger partial charge in [-0.05, 0) is 63.1 Å². The van der Waals surface area contributed by atoms with Crippen LogP contribution in [0.15, 0.2) is 47.7 Å². The Kier molecular flexibility index (Phi) is 5.03. The molecule has 2 heterocycles. The van der Waals surface area contributed by atoms with E-state index in [0.717, 1.165) is 22.6 Å². The van der Waals surface area contributed by atoms with Crippen LogP contribution in [0.3, 0.4) is 0 Å². The first kappa shape index (κ1) is 18.3. The van der Waals surface area contributed by atoms with Crippen LogP contribution >= 0.6 is 0 Å². The number of anilines is 1. The van der Waals surface area contributed by atoms with Crippen LogP contribution in [0.1, 0.15) is 28.1 Å². The summed E-state index contributed by atoms with van der Waals surface area (Å²) in [6, 6.07) is 11.4. The van der Waals surface area contributed by atoms with Crippen molar-refractivity contribution in [2.45, 2.75) is 27.7 Å². The lowest BCUT2D eigenvalue weighted by molar-refractivity contribution is -0.385. The van der Waals surface area contributed by atoms with Gasteiger partial charge in [0.15, 0.2) is 0 Å². The third-order valence-electron chi connectivity index (χ3n) is 4.56. The monoisotopic (exact) mass is 363 g/mol. The Hall–Kier alpha value is -3.48. The Labute approximate surface area is 157 Å². The highest BCUT2D eigenvalue weighted by Crippen LogP contribution is 2.22. The molecule has 3 aromatic rings. The number of nitro groups is 1. The Bertz CT molecular complexity index is 1020. The topological polar surface area (TPSA) is 85.3 Å². The van der Waals surface area contributed by atoms with Crippen LogP contribution in [0, 0.1) is 37.8 Å². The summed E-state index contributed by atoms with van der Waals surface area (Å²) in [5.41, 5.74) is 9.57. The van der Waals surface area contributed by atoms with Gasteiger partial charge in [0.2, 0.25) is 0 Å². The standard InChI is InChI=1S/C20H21N5O2/c1-13-5-6-18(9-14(13)2)24-15(3)10-17(16(24)4)11-22-23-20-8-7-19(12-21-20)25(26)27/h5-12H,1-4H3,(H,21,23)/b22-11+. The second-order valence-corrected chi connectivity index (χ2v) is 6.46. The largest absolute Gasteiger partial charge is 0.318 e. The first-order valence-electron chi connectivity index (χ1n) is 8.53. The quantitative estimate of drug-likeness (QED) is 0.412. The van der Waals surface area contributed by atoms with Gasteiger partial charge in [0.25, 0.3) is 5.69 Å². The van der Waals surface area contributed by atoms with Crippen molar-refractivity contribution >= 4 is 17.7 Å². The van der Waals surface area contributed by atoms with Gasteiger partial charge in [-0.2, -0.15) is 5.10 Å². The second kappa shape index (κ2) is 7.41. The number of pyridine rings is 1. The molecule has 2 aromatic heterocycles. The second-order valence-electron chi connectivity index (χ2n) is 6.46. The van der Waals surface area contributed by atoms with Crippen LogP contribution in [0.2, 0.25) is 0 Å². The molecule has 0 saturated heterocycles. The van der Waals surface area contributed by atoms with Crippen LogP contribution in [-0.4, -0.2) is 20.7 Å². The van der Waals surface area contributed by atoms with E-state index < -0.39 is 4.92 Å². The summed E-state index contributed by atoms with van der Waals surface area (Å²) >= 11 is 0. The summed E-state index contributed by atoms with van der Waals surface area (Å²) in [6.07, 6.45) is 2.92. The van der Waals surface area contributed by atoms with Crippen molar-refractivity contribution in [3.05, 3.63) is 80.8 Å². The van der Waals surface area contributed by atoms with Crippen LogP contribution in [-0.2, 0) is 0 Å². The number of hydrazone groups is 1. The number of nitrogens with one attached hydrogen (secondary N) is 1. The molecule has 3 rings (SSSR count). The minimum absolute atomic E-state index is 0.0542. The molecule has 7 heteroatoms. The first-order valence-corrected chi connectivity index (χ1v) is 8.53. The maximum atomic E-state index is 10.7. The summed E-state index contributed by atoms with van der Waals surface area (Å²) in [5.74, 6) is 0.444. The van der Waals surface area contributed by atoms with Crippen molar-refractivity contribution in [1.82, 2.24) is 9.55 Å². The van der Waals surface area contributed by atoms with Gasteiger partial charge in [-0.1, -0.05) is 6.07 Å². The maximum Gasteiger partial charge on any atom is 0.287 e. The van der Waals surface area contributed by atoms with Gasteiger partial charge in [0, 0.05) is 28.7 Å². The van der Waals surface area contributed by atoms with Gasteiger partial charge < -0.3 is 4.57 Å². The van der Waals surface area contributed by atoms with E-state index in [9.17, 15) is 10.1 Å². The fourth-order valence-corrected chi connectivity index (χ4v) is 2.91. The lowest BCUT2D eigenvalue weighted by Gasteiger charge is -2.11. The summed E-state index contributed by atoms with van der Waals surface area (Å²) in [6.45, 7) is 8.32. The van der Waals surface area contributed by atoms with Crippen LogP contribution < -0.4 is 5.43 Å². The Morgan fingerprint density at radius 1 is 1.11 bits per heavy atom. The van der Waals surface area contributed by atoms with Gasteiger partial charge in [0.1, 0.15) is 12.0 Å². The van der Waals surface area contributed by atoms with Crippen molar-refractivity contribution in [1.29, 1.82) is 0 Å². The van der Waals surface area contributed by atoms with E-state index in [4.69, 9.17) is 0 Å². The molecule has 7 nitrogen and oxygen atoms in total. The average molecular weight is 363 g/mol. The molecule has 0 aliphatic rings. The summed E-state index contributed by atoms with van der Waals surface area (Å²) in [7, 11) is 0. The minimum Gasteiger partial charge on any atom is -0.318 e. The molecule has 0 fully saturated rings. The van der Waals surface area contributed by atoms with Crippen LogP contribution in [0.4, 0.5) is 11.5 Å². The normalized spacial score (nSPS) is 11.1. The minimum atomic E-state index is -0.484. The molecular formula is C20H21N5O2. The predicted molar refractivity (Wildman–Crippen MR) is 107 cm³/mol. The number of hydrogen-bond donors (Lipinski definition) is 1. The summed E-state index contributed by atoms with van der Waals surface area (Å²) in [4.78, 5) is 14.1. The highest BCUT2D eigenvalue weighted by Gasteiger charge is 2.10. The Morgan fingerprint density at radius 2 is 1.89 bits per heavy atom. The Morgan fingerprint density at radius 3 is 2.52 bits per heavy atom. The van der Waals surface area contributed by atoms with E-state index in [0.29, 0.717) is 5.82 Å². The third kappa shape index (κ3) is 3.87. The molecule has 1 aromatic carbocycles. The van der Waals surface area contributed by atoms with Crippen molar-refractivity contribution in [3.8, 4) is 5.69 Å². The molecule has 27 heavy (non-hydrogen) atoms. The first-order chi connectivity index (χ1) is 12.9. The molecule has 0 spiro atoms. The number of hydrogen-bond acceptors (Lipinski definition) is 5. The van der Waals surface area contributed by atoms with Gasteiger partial charge in [0.05, 0.1) is 11.1 Å². The van der Waals surface area contributed by atoms with Gasteiger partial charge in [-0.3, -0.25) is 15.5 Å². The van der Waals surface area contributed by atoms with Gasteiger partial charge in [-0.15, -0.1) is 0 Å². The van der Waals surface area contributed by atoms with E-state index in [1.54, 1.807) is 6.21 Å². The molecule has 0 bridgehead atoms. The molecule has 0 amide bonds. The van der Waals surface area contributed by atoms with E-state index in [1.165, 1.54) is 29.5 Å². The van der Waals surface area contributed by atoms with Crippen LogP contribution in [0.5, 0.6) is 0 Å². The number of rotatable bonds is 5. The molecule has 0 radical (unpaired) electrons. The fourth-order valence-electron chi connectivity index (χ4n) is 2.91. The average Bonchev–Trinajstić information content (AvgIpc) is 2.92. The van der Waals surface area contributed by atoms with E-state index in [2.05, 4.69) is 65.1 Å². The molecule has 0 aliphatic heterocycles. The zero-order valence-electron chi connectivity index (χ0n) is 15.7. The van der Waals surface area contributed by atoms with Gasteiger partial charge >= 0.3 is 0 Å². The number of aryl methyl sites for hydroxylation is 3. The van der Waals surface area contributed by atoms with E-state index in [1.807, 2.05) is 6.92 Å². The zero-order valence-corrected chi connectivity index (χ0v) is 15.7. The molecule has 0 unspecified atom stereocenters. The lowest BCUT2D eigenvalue weighted by Crippen LogP contribution is -2.01. The van der Waals surface area contributed by atoms with Crippen molar-refractivity contribution in [3.63, 3.8) is 0 Å². The van der Waals surface area contributed by atoms with Crippen molar-refractivity contribution < 1.29 is 4.92 Å². The summed E-state index contributed by atoms with van der Waals surface area (Å²) < 4.78 is 2.19. The predicted octanol–water partition coefficient (Wildman–Crippen LogP) is 4.46. The number of aromatic nitrogens is 2. The number of nitrogens with zero attached hydrogens (tertiary/aromatic N) is 4. The molecule has 0 saturated carbocycles. The zero-order chi connectivity index (χ0) is 19.6. The highest BCUT2D eigenvalue weighted by atomic mass is 16.6. The highest BCUT2D eigenvalue weighted by molar-refractivity contribution is 5.82. The lowest BCUT2D eigenvalue weighted by atomic mass is 10.1. The molecule has 138 valence electrons. The molecule has 1 N–H and O–H groups in total. The smallest absolute Gasteiger partial charge is 0.287 e. The molecular weight excluding hydrogens is 342 g/mol. The Balaban J connectivity index is 1.80. The van der Waals surface area contributed by atoms with Gasteiger partial charge in [-0.25, -0.2) is 4.98 Å². The fraction of sp³-hybridized carbons (Fsp3) is 0.200. The van der Waals surface area contributed by atoms with Crippen molar-refractivity contribution in [2.24, 2.45) is 5.10 Å². The molecule has 0 aliphatic carbocycles. The van der Waals surface area contributed by atoms with Crippen molar-refractivity contribution in [2.75, 3.05) is 5.43 Å². The SMILES string of the molecule is Cc1ccc(-n2c(C)cc(/C=N/Nc3ccc([N+](=O)[O-])cn3)c2C)cc1C. The van der Waals surface area contributed by atoms with Crippen LogP contribution in [0.25, 0.3) is 5.69 Å². The van der Waals surface area contributed by atoms with E-state index >= 15 is 0 Å². The number of benzene rings is 1. The molecule has 0 atom stereocenters.